The van der Waals surface area contributed by atoms with Crippen LogP contribution in [0.15, 0.2) is 0 Å². The molecule has 35 valence electrons. The van der Waals surface area contributed by atoms with E-state index in [2.05, 4.69) is 0 Å². The van der Waals surface area contributed by atoms with E-state index in [9.17, 15) is 0 Å². The Hall–Kier alpha value is 2.87. The predicted molar refractivity (Wildman–Crippen MR) is 21.2 cm³/mol. The summed E-state index contributed by atoms with van der Waals surface area (Å²) in [5.74, 6) is 0. The molecule has 0 fully saturated rings. The second-order valence-corrected chi connectivity index (χ2v) is 0. The minimum absolute atomic E-state index is 0. The molecule has 0 aromatic rings. The average Bonchev–Trinajstić information content (AvgIpc) is 0. The van der Waals surface area contributed by atoms with Crippen LogP contribution in [-0.2, 0) is 39.4 Å². The Bertz CT molecular complexity index is 8.00. The van der Waals surface area contributed by atoms with Gasteiger partial charge in [-0.2, -0.15) is 0 Å². The van der Waals surface area contributed by atoms with Gasteiger partial charge in [0, 0.05) is 65.7 Å². The molecule has 0 N–H and O–H groups in total. The van der Waals surface area contributed by atoms with Crippen molar-refractivity contribution in [3.8, 4) is 0 Å². The van der Waals surface area contributed by atoms with Gasteiger partial charge in [0.05, 0.1) is 0 Å². The zero-order valence-electron chi connectivity index (χ0n) is 1.46. The minimum Gasteiger partial charge on any atom is -0.107 e. The van der Waals surface area contributed by atoms with E-state index in [0.717, 1.165) is 0 Å². The fraction of sp³-hybridized carbons (Fsp3) is 0. The van der Waals surface area contributed by atoms with Gasteiger partial charge in [0.25, 0.3) is 0 Å². The van der Waals surface area contributed by atoms with Crippen molar-refractivity contribution in [2.24, 2.45) is 0 Å². The van der Waals surface area contributed by atoms with Gasteiger partial charge in [0.2, 0.25) is 0 Å². The van der Waals surface area contributed by atoms with Crippen molar-refractivity contribution in [2.45, 2.75) is 0 Å². The largest absolute Gasteiger partial charge is 0.107 e. The number of hydrogen-bond donors (Lipinski definition) is 0. The molecule has 0 aromatic carbocycles. The Morgan fingerprint density at radius 1 is 1.00 bits per heavy atom. The van der Waals surface area contributed by atoms with Crippen molar-refractivity contribution in [1.29, 1.82) is 0 Å². The first kappa shape index (κ1) is 28.7. The SMILES string of the molecule is I.[Ag].[Bi].[Cu]. The summed E-state index contributed by atoms with van der Waals surface area (Å²) < 4.78 is 0. The summed E-state index contributed by atoms with van der Waals surface area (Å²) in [6.45, 7) is 0. The fourth-order valence-corrected chi connectivity index (χ4v) is 0. The van der Waals surface area contributed by atoms with Gasteiger partial charge < -0.3 is 0 Å². The number of hydrogen-bond acceptors (Lipinski definition) is 0. The third-order valence-corrected chi connectivity index (χ3v) is 0. The maximum Gasteiger partial charge on any atom is 0 e. The first-order chi connectivity index (χ1) is 0. The molecule has 0 heterocycles. The van der Waals surface area contributed by atoms with Gasteiger partial charge in [-0.3, -0.25) is 0 Å². The van der Waals surface area contributed by atoms with Crippen LogP contribution in [-0.4, -0.2) is 26.2 Å². The van der Waals surface area contributed by atoms with E-state index in [1.165, 1.54) is 0 Å². The van der Waals surface area contributed by atoms with Crippen LogP contribution < -0.4 is 0 Å². The van der Waals surface area contributed by atoms with Gasteiger partial charge in [-0.25, -0.2) is 0 Å². The topological polar surface area (TPSA) is 0 Å². The summed E-state index contributed by atoms with van der Waals surface area (Å²) in [5.41, 5.74) is 0. The van der Waals surface area contributed by atoms with Crippen LogP contribution in [0.1, 0.15) is 0 Å². The minimum atomic E-state index is 0. The molecule has 0 aliphatic carbocycles. The van der Waals surface area contributed by atoms with E-state index in [1.807, 2.05) is 0 Å². The summed E-state index contributed by atoms with van der Waals surface area (Å²) in [7, 11) is 0. The van der Waals surface area contributed by atoms with E-state index < -0.39 is 0 Å². The monoisotopic (exact) mass is 507 g/mol. The maximum atomic E-state index is 0. The Kier molecular flexibility index (Phi) is 121. The molecular formula is HAgBiCuI. The smallest absolute Gasteiger partial charge is 0 e. The van der Waals surface area contributed by atoms with Crippen molar-refractivity contribution in [1.82, 2.24) is 0 Å². The van der Waals surface area contributed by atoms with Crippen molar-refractivity contribution in [3.63, 3.8) is 0 Å². The standard InChI is InChI=1S/Ag.Bi.Cu.HI/h;;;1H. The summed E-state index contributed by atoms with van der Waals surface area (Å²) in [4.78, 5) is 0. The number of halogens is 1. The molecule has 4 heteroatoms. The van der Waals surface area contributed by atoms with Gasteiger partial charge in [0.1, 0.15) is 0 Å². The van der Waals surface area contributed by atoms with Crippen LogP contribution in [0.25, 0.3) is 0 Å². The average molecular weight is 508 g/mol. The van der Waals surface area contributed by atoms with Crippen molar-refractivity contribution in [3.05, 3.63) is 0 Å². The molecule has 0 aliphatic heterocycles. The normalized spacial score (nSPS) is 0. The third kappa shape index (κ3) is 8.86. The molecule has 0 aliphatic rings. The van der Waals surface area contributed by atoms with E-state index in [0.29, 0.717) is 0 Å². The van der Waals surface area contributed by atoms with Crippen LogP contribution in [0.5, 0.6) is 0 Å². The van der Waals surface area contributed by atoms with Crippen LogP contribution in [0.2, 0.25) is 0 Å². The predicted octanol–water partition coefficient (Wildman–Crippen LogP) is 0.232. The van der Waals surface area contributed by atoms with Crippen LogP contribution in [0.3, 0.4) is 0 Å². The molecule has 0 saturated heterocycles. The maximum absolute atomic E-state index is 0. The summed E-state index contributed by atoms with van der Waals surface area (Å²) >= 11 is 0. The first-order valence-electron chi connectivity index (χ1n) is 0. The van der Waals surface area contributed by atoms with Gasteiger partial charge in [0.15, 0.2) is 0 Å². The molecule has 4 heavy (non-hydrogen) atoms. The molecule has 5 radical (unpaired) electrons. The quantitative estimate of drug-likeness (QED) is 0.325. The Morgan fingerprint density at radius 2 is 1.00 bits per heavy atom. The van der Waals surface area contributed by atoms with Crippen molar-refractivity contribution in [2.75, 3.05) is 0 Å². The van der Waals surface area contributed by atoms with E-state index >= 15 is 0 Å². The van der Waals surface area contributed by atoms with Crippen molar-refractivity contribution >= 4 is 50.2 Å². The molecule has 0 nitrogen and oxygen atoms in total. The second kappa shape index (κ2) is 16.9. The molecule has 0 aromatic heterocycles. The molecular weight excluding hydrogens is 507 g/mol. The van der Waals surface area contributed by atoms with Gasteiger partial charge in [-0.1, -0.05) is 0 Å². The molecule has 0 unspecified atom stereocenters. The first-order valence-corrected chi connectivity index (χ1v) is 0. The molecule has 0 bridgehead atoms. The summed E-state index contributed by atoms with van der Waals surface area (Å²) in [6, 6.07) is 0. The molecule has 0 rings (SSSR count). The molecule has 0 amide bonds. The Labute approximate surface area is 88.0 Å². The van der Waals surface area contributed by atoms with Crippen LogP contribution in [0.4, 0.5) is 0 Å². The number of rotatable bonds is 0. The molecule has 0 saturated carbocycles. The van der Waals surface area contributed by atoms with E-state index in [-0.39, 0.29) is 89.6 Å². The van der Waals surface area contributed by atoms with E-state index in [1.54, 1.807) is 0 Å². The zero-order valence-corrected chi connectivity index (χ0v) is 9.69. The third-order valence-electron chi connectivity index (χ3n) is 0. The second-order valence-electron chi connectivity index (χ2n) is 0. The fourth-order valence-electron chi connectivity index (χ4n) is 0. The summed E-state index contributed by atoms with van der Waals surface area (Å²) in [5, 5.41) is 0. The zero-order chi connectivity index (χ0) is 0. The van der Waals surface area contributed by atoms with Gasteiger partial charge in [-0.05, 0) is 0 Å². The molecule has 0 spiro atoms. The molecule has 0 atom stereocenters. The summed E-state index contributed by atoms with van der Waals surface area (Å²) in [6.07, 6.45) is 0. The van der Waals surface area contributed by atoms with Gasteiger partial charge in [-0.15, -0.1) is 24.0 Å². The van der Waals surface area contributed by atoms with Crippen LogP contribution in [0, 0.1) is 0 Å². The Balaban J connectivity index is 0. The van der Waals surface area contributed by atoms with Crippen molar-refractivity contribution < 1.29 is 39.4 Å². The van der Waals surface area contributed by atoms with Gasteiger partial charge >= 0.3 is 0 Å². The Morgan fingerprint density at radius 3 is 1.00 bits per heavy atom. The van der Waals surface area contributed by atoms with E-state index in [4.69, 9.17) is 0 Å². The van der Waals surface area contributed by atoms with Crippen LogP contribution >= 0.6 is 24.0 Å².